The molecule has 2 atom stereocenters. The molecular weight excluding hydrogens is 320 g/mol. The SMILES string of the molecule is Cc1csc2c(N3C[C@H](C)N(S(C)(=O)=O)C[C@H]3C)ncnc12. The zero-order chi connectivity index (χ0) is 16.1. The van der Waals surface area contributed by atoms with Gasteiger partial charge >= 0.3 is 0 Å². The van der Waals surface area contributed by atoms with Gasteiger partial charge in [0.2, 0.25) is 10.0 Å². The minimum atomic E-state index is -3.18. The Labute approximate surface area is 134 Å². The van der Waals surface area contributed by atoms with Crippen molar-refractivity contribution in [2.75, 3.05) is 24.2 Å². The predicted octanol–water partition coefficient (Wildman–Crippen LogP) is 1.86. The number of fused-ring (bicyclic) bond motifs is 1. The van der Waals surface area contributed by atoms with Crippen molar-refractivity contribution in [3.05, 3.63) is 17.3 Å². The van der Waals surface area contributed by atoms with Gasteiger partial charge in [-0.25, -0.2) is 18.4 Å². The number of aromatic nitrogens is 2. The lowest BCUT2D eigenvalue weighted by Gasteiger charge is -2.43. The van der Waals surface area contributed by atoms with Gasteiger partial charge < -0.3 is 4.90 Å². The molecule has 6 nitrogen and oxygen atoms in total. The highest BCUT2D eigenvalue weighted by Gasteiger charge is 2.35. The summed E-state index contributed by atoms with van der Waals surface area (Å²) >= 11 is 1.65. The quantitative estimate of drug-likeness (QED) is 0.835. The van der Waals surface area contributed by atoms with Gasteiger partial charge in [-0.15, -0.1) is 11.3 Å². The Kier molecular flexibility index (Phi) is 3.86. The molecule has 0 bridgehead atoms. The lowest BCUT2D eigenvalue weighted by Crippen LogP contribution is -2.58. The number of hydrogen-bond donors (Lipinski definition) is 0. The molecule has 3 heterocycles. The van der Waals surface area contributed by atoms with E-state index >= 15 is 0 Å². The smallest absolute Gasteiger partial charge is 0.211 e. The number of nitrogens with zero attached hydrogens (tertiary/aromatic N) is 4. The first-order valence-electron chi connectivity index (χ1n) is 7.21. The average Bonchev–Trinajstić information content (AvgIpc) is 2.82. The molecule has 1 fully saturated rings. The predicted molar refractivity (Wildman–Crippen MR) is 90.0 cm³/mol. The van der Waals surface area contributed by atoms with Crippen molar-refractivity contribution < 1.29 is 8.42 Å². The second kappa shape index (κ2) is 5.43. The van der Waals surface area contributed by atoms with Crippen LogP contribution in [0.4, 0.5) is 5.82 Å². The van der Waals surface area contributed by atoms with Crippen LogP contribution < -0.4 is 4.90 Å². The van der Waals surface area contributed by atoms with Gasteiger partial charge in [-0.2, -0.15) is 4.31 Å². The van der Waals surface area contributed by atoms with E-state index in [1.165, 1.54) is 6.26 Å². The minimum absolute atomic E-state index is 0.0720. The molecule has 8 heteroatoms. The molecule has 0 amide bonds. The van der Waals surface area contributed by atoms with Crippen LogP contribution in [0, 0.1) is 6.92 Å². The summed E-state index contributed by atoms with van der Waals surface area (Å²) in [5.74, 6) is 0.913. The number of rotatable bonds is 2. The van der Waals surface area contributed by atoms with E-state index in [0.717, 1.165) is 21.6 Å². The molecule has 0 spiro atoms. The average molecular weight is 340 g/mol. The van der Waals surface area contributed by atoms with Gasteiger partial charge in [0.15, 0.2) is 0 Å². The first-order chi connectivity index (χ1) is 10.3. The van der Waals surface area contributed by atoms with Crippen molar-refractivity contribution in [1.29, 1.82) is 0 Å². The van der Waals surface area contributed by atoms with E-state index in [-0.39, 0.29) is 12.1 Å². The number of anilines is 1. The third kappa shape index (κ3) is 2.59. The van der Waals surface area contributed by atoms with Gasteiger partial charge in [-0.05, 0) is 31.7 Å². The monoisotopic (exact) mass is 340 g/mol. The standard InChI is InChI=1S/C14H20N4O2S2/c1-9-7-21-13-12(9)15-8-16-14(13)17-5-11(3)18(6-10(17)2)22(4,19)20/h7-8,10-11H,5-6H2,1-4H3/t10-,11+/m1/s1. The van der Waals surface area contributed by atoms with Gasteiger partial charge in [0.05, 0.1) is 16.5 Å². The zero-order valence-electron chi connectivity index (χ0n) is 13.1. The van der Waals surface area contributed by atoms with Crippen LogP contribution in [0.3, 0.4) is 0 Å². The minimum Gasteiger partial charge on any atom is -0.350 e. The second-order valence-electron chi connectivity index (χ2n) is 5.98. The molecule has 1 aliphatic heterocycles. The first-order valence-corrected chi connectivity index (χ1v) is 9.94. The molecule has 0 unspecified atom stereocenters. The highest BCUT2D eigenvalue weighted by atomic mass is 32.2. The van der Waals surface area contributed by atoms with E-state index in [1.807, 2.05) is 20.8 Å². The summed E-state index contributed by atoms with van der Waals surface area (Å²) < 4.78 is 26.4. The third-order valence-electron chi connectivity index (χ3n) is 4.14. The number of sulfonamides is 1. The van der Waals surface area contributed by atoms with Crippen molar-refractivity contribution in [3.8, 4) is 0 Å². The van der Waals surface area contributed by atoms with Crippen molar-refractivity contribution in [1.82, 2.24) is 14.3 Å². The zero-order valence-corrected chi connectivity index (χ0v) is 14.8. The van der Waals surface area contributed by atoms with Crippen molar-refractivity contribution >= 4 is 37.4 Å². The molecule has 22 heavy (non-hydrogen) atoms. The molecule has 3 rings (SSSR count). The number of aryl methyl sites for hydroxylation is 1. The van der Waals surface area contributed by atoms with E-state index in [2.05, 4.69) is 20.2 Å². The maximum atomic E-state index is 11.9. The Bertz CT molecular complexity index is 802. The Morgan fingerprint density at radius 3 is 2.64 bits per heavy atom. The van der Waals surface area contributed by atoms with Crippen LogP contribution in [0.25, 0.3) is 10.2 Å². The number of piperazine rings is 1. The first kappa shape index (κ1) is 15.6. The van der Waals surface area contributed by atoms with Crippen LogP contribution in [-0.4, -0.2) is 54.1 Å². The van der Waals surface area contributed by atoms with E-state index in [1.54, 1.807) is 22.0 Å². The van der Waals surface area contributed by atoms with Crippen molar-refractivity contribution in [3.63, 3.8) is 0 Å². The third-order valence-corrected chi connectivity index (χ3v) is 6.58. The molecular formula is C14H20N4O2S2. The maximum Gasteiger partial charge on any atom is 0.211 e. The van der Waals surface area contributed by atoms with Gasteiger partial charge in [0.1, 0.15) is 12.1 Å². The van der Waals surface area contributed by atoms with E-state index in [9.17, 15) is 8.42 Å². The van der Waals surface area contributed by atoms with Crippen LogP contribution in [0.15, 0.2) is 11.7 Å². The Hall–Kier alpha value is -1.25. The second-order valence-corrected chi connectivity index (χ2v) is 8.79. The van der Waals surface area contributed by atoms with Crippen LogP contribution in [0.5, 0.6) is 0 Å². The Balaban J connectivity index is 1.99. The lowest BCUT2D eigenvalue weighted by atomic mass is 10.1. The van der Waals surface area contributed by atoms with Gasteiger partial charge in [-0.3, -0.25) is 0 Å². The fourth-order valence-corrected chi connectivity index (χ4v) is 5.23. The molecule has 1 aliphatic rings. The molecule has 1 saturated heterocycles. The van der Waals surface area contributed by atoms with Crippen molar-refractivity contribution in [2.24, 2.45) is 0 Å². The van der Waals surface area contributed by atoms with E-state index < -0.39 is 10.0 Å². The maximum absolute atomic E-state index is 11.9. The van der Waals surface area contributed by atoms with Crippen LogP contribution in [0.2, 0.25) is 0 Å². The normalized spacial score (nSPS) is 24.1. The highest BCUT2D eigenvalue weighted by Crippen LogP contribution is 2.33. The summed E-state index contributed by atoms with van der Waals surface area (Å²) in [7, 11) is -3.18. The van der Waals surface area contributed by atoms with Gasteiger partial charge in [0.25, 0.3) is 0 Å². The molecule has 2 aromatic rings. The summed E-state index contributed by atoms with van der Waals surface area (Å²) in [5, 5.41) is 2.09. The van der Waals surface area contributed by atoms with Gasteiger partial charge in [-0.1, -0.05) is 0 Å². The molecule has 120 valence electrons. The fraction of sp³-hybridized carbons (Fsp3) is 0.571. The summed E-state index contributed by atoms with van der Waals surface area (Å²) in [6.45, 7) is 7.15. The lowest BCUT2D eigenvalue weighted by molar-refractivity contribution is 0.274. The number of hydrogen-bond acceptors (Lipinski definition) is 6. The van der Waals surface area contributed by atoms with Crippen LogP contribution in [-0.2, 0) is 10.0 Å². The summed E-state index contributed by atoms with van der Waals surface area (Å²) in [6.07, 6.45) is 2.87. The van der Waals surface area contributed by atoms with Crippen LogP contribution in [0.1, 0.15) is 19.4 Å². The molecule has 0 aromatic carbocycles. The Morgan fingerprint density at radius 1 is 1.23 bits per heavy atom. The van der Waals surface area contributed by atoms with Crippen molar-refractivity contribution in [2.45, 2.75) is 32.9 Å². The topological polar surface area (TPSA) is 66.4 Å². The van der Waals surface area contributed by atoms with Crippen LogP contribution >= 0.6 is 11.3 Å². The summed E-state index contributed by atoms with van der Waals surface area (Å²) in [6, 6.07) is 0.00343. The fourth-order valence-electron chi connectivity index (χ4n) is 3.01. The molecule has 0 aliphatic carbocycles. The molecule has 0 saturated carbocycles. The van der Waals surface area contributed by atoms with E-state index in [0.29, 0.717) is 13.1 Å². The summed E-state index contributed by atoms with van der Waals surface area (Å²) in [5.41, 5.74) is 2.14. The van der Waals surface area contributed by atoms with E-state index in [4.69, 9.17) is 0 Å². The Morgan fingerprint density at radius 2 is 1.95 bits per heavy atom. The molecule has 0 N–H and O–H groups in total. The summed E-state index contributed by atoms with van der Waals surface area (Å²) in [4.78, 5) is 11.0. The molecule has 0 radical (unpaired) electrons. The molecule has 2 aromatic heterocycles. The van der Waals surface area contributed by atoms with Gasteiger partial charge in [0, 0.05) is 25.2 Å². The largest absolute Gasteiger partial charge is 0.350 e. The highest BCUT2D eigenvalue weighted by molar-refractivity contribution is 7.88. The number of thiophene rings is 1.